The van der Waals surface area contributed by atoms with Crippen LogP contribution in [-0.4, -0.2) is 21.0 Å². The third-order valence-electron chi connectivity index (χ3n) is 3.45. The highest BCUT2D eigenvalue weighted by atomic mass is 32.1. The van der Waals surface area contributed by atoms with Gasteiger partial charge in [0.1, 0.15) is 4.88 Å². The lowest BCUT2D eigenvalue weighted by molar-refractivity contribution is -0.118. The summed E-state index contributed by atoms with van der Waals surface area (Å²) in [5.74, 6) is 0.774. The van der Waals surface area contributed by atoms with E-state index in [9.17, 15) is 4.79 Å². The Balaban J connectivity index is 1.88. The number of carbonyl (C=O) groups is 1. The molecule has 0 aliphatic heterocycles. The molecule has 0 saturated heterocycles. The molecule has 3 rings (SSSR count). The van der Waals surface area contributed by atoms with Gasteiger partial charge in [-0.3, -0.25) is 4.79 Å². The van der Waals surface area contributed by atoms with Gasteiger partial charge in [-0.15, -0.1) is 0 Å². The number of benzene rings is 1. The average Bonchev–Trinajstić information content (AvgIpc) is 3.14. The maximum absolute atomic E-state index is 11.8. The minimum Gasteiger partial charge on any atom is -0.333 e. The molecule has 6 nitrogen and oxygen atoms in total. The van der Waals surface area contributed by atoms with E-state index in [1.165, 1.54) is 11.3 Å². The zero-order valence-electron chi connectivity index (χ0n) is 14.0. The van der Waals surface area contributed by atoms with E-state index in [1.54, 1.807) is 0 Å². The van der Waals surface area contributed by atoms with Gasteiger partial charge in [-0.25, -0.2) is 4.98 Å². The van der Waals surface area contributed by atoms with E-state index in [2.05, 4.69) is 20.4 Å². The summed E-state index contributed by atoms with van der Waals surface area (Å²) in [5, 5.41) is 7.38. The van der Waals surface area contributed by atoms with Gasteiger partial charge < -0.3 is 9.84 Å². The summed E-state index contributed by atoms with van der Waals surface area (Å²) < 4.78 is 5.39. The van der Waals surface area contributed by atoms with Crippen LogP contribution in [0.5, 0.6) is 0 Å². The summed E-state index contributed by atoms with van der Waals surface area (Å²) in [4.78, 5) is 21.4. The molecule has 0 aliphatic carbocycles. The molecule has 0 spiro atoms. The Morgan fingerprint density at radius 3 is 2.75 bits per heavy atom. The molecule has 2 aromatic heterocycles. The van der Waals surface area contributed by atoms with Crippen molar-refractivity contribution in [1.29, 1.82) is 0 Å². The SMILES string of the molecule is Cc1cccc(-c2noc(-c3sc(NC(=O)C(C)C)nc3C)n2)c1. The summed E-state index contributed by atoms with van der Waals surface area (Å²) in [7, 11) is 0. The fourth-order valence-corrected chi connectivity index (χ4v) is 3.01. The van der Waals surface area contributed by atoms with E-state index < -0.39 is 0 Å². The molecule has 0 aliphatic rings. The van der Waals surface area contributed by atoms with Crippen molar-refractivity contribution in [3.63, 3.8) is 0 Å². The van der Waals surface area contributed by atoms with Crippen molar-refractivity contribution in [3.8, 4) is 22.2 Å². The number of hydrogen-bond acceptors (Lipinski definition) is 6. The van der Waals surface area contributed by atoms with Gasteiger partial charge in [-0.05, 0) is 19.9 Å². The maximum Gasteiger partial charge on any atom is 0.270 e. The first kappa shape index (κ1) is 16.3. The molecule has 1 amide bonds. The van der Waals surface area contributed by atoms with E-state index in [-0.39, 0.29) is 11.8 Å². The van der Waals surface area contributed by atoms with Gasteiger partial charge in [0, 0.05) is 11.5 Å². The number of hydrogen-bond donors (Lipinski definition) is 1. The number of rotatable bonds is 4. The van der Waals surface area contributed by atoms with Crippen LogP contribution in [0.4, 0.5) is 5.13 Å². The quantitative estimate of drug-likeness (QED) is 0.773. The number of thiazole rings is 1. The van der Waals surface area contributed by atoms with E-state index >= 15 is 0 Å². The molecule has 7 heteroatoms. The predicted molar refractivity (Wildman–Crippen MR) is 93.8 cm³/mol. The molecule has 1 N–H and O–H groups in total. The highest BCUT2D eigenvalue weighted by Crippen LogP contribution is 2.33. The number of amides is 1. The van der Waals surface area contributed by atoms with Crippen molar-refractivity contribution in [2.45, 2.75) is 27.7 Å². The Bertz CT molecular complexity index is 882. The van der Waals surface area contributed by atoms with Crippen LogP contribution in [-0.2, 0) is 4.79 Å². The molecule has 0 saturated carbocycles. The highest BCUT2D eigenvalue weighted by molar-refractivity contribution is 7.19. The number of aromatic nitrogens is 3. The molecule has 0 atom stereocenters. The zero-order valence-corrected chi connectivity index (χ0v) is 14.8. The molecule has 1 aromatic carbocycles. The molecular weight excluding hydrogens is 324 g/mol. The number of nitrogens with zero attached hydrogens (tertiary/aromatic N) is 3. The Morgan fingerprint density at radius 2 is 2.04 bits per heavy atom. The Morgan fingerprint density at radius 1 is 1.25 bits per heavy atom. The lowest BCUT2D eigenvalue weighted by atomic mass is 10.1. The first-order valence-electron chi connectivity index (χ1n) is 7.63. The van der Waals surface area contributed by atoms with Gasteiger partial charge in [-0.2, -0.15) is 4.98 Å². The van der Waals surface area contributed by atoms with Crippen molar-refractivity contribution < 1.29 is 9.32 Å². The second-order valence-electron chi connectivity index (χ2n) is 5.87. The molecule has 0 radical (unpaired) electrons. The van der Waals surface area contributed by atoms with Crippen molar-refractivity contribution >= 4 is 22.4 Å². The number of nitrogens with one attached hydrogen (secondary N) is 1. The summed E-state index contributed by atoms with van der Waals surface area (Å²) in [5.41, 5.74) is 2.78. The van der Waals surface area contributed by atoms with Crippen LogP contribution in [0, 0.1) is 19.8 Å². The van der Waals surface area contributed by atoms with Crippen LogP contribution in [0.3, 0.4) is 0 Å². The fourth-order valence-electron chi connectivity index (χ4n) is 2.12. The highest BCUT2D eigenvalue weighted by Gasteiger charge is 2.18. The Labute approximate surface area is 143 Å². The van der Waals surface area contributed by atoms with Gasteiger partial charge in [-0.1, -0.05) is 54.1 Å². The number of anilines is 1. The molecule has 124 valence electrons. The van der Waals surface area contributed by atoms with E-state index in [1.807, 2.05) is 52.0 Å². The zero-order chi connectivity index (χ0) is 17.3. The monoisotopic (exact) mass is 342 g/mol. The van der Waals surface area contributed by atoms with Crippen LogP contribution in [0.2, 0.25) is 0 Å². The summed E-state index contributed by atoms with van der Waals surface area (Å²) in [6.45, 7) is 7.54. The van der Waals surface area contributed by atoms with Crippen LogP contribution >= 0.6 is 11.3 Å². The van der Waals surface area contributed by atoms with Crippen molar-refractivity contribution in [2.24, 2.45) is 5.92 Å². The second-order valence-corrected chi connectivity index (χ2v) is 6.87. The standard InChI is InChI=1S/C17H18N4O2S/c1-9(2)15(22)20-17-18-11(4)13(24-17)16-19-14(21-23-16)12-7-5-6-10(3)8-12/h5-9H,1-4H3,(H,18,20,22). The fraction of sp³-hybridized carbons (Fsp3) is 0.294. The normalized spacial score (nSPS) is 11.0. The lowest BCUT2D eigenvalue weighted by Crippen LogP contribution is -2.17. The largest absolute Gasteiger partial charge is 0.333 e. The van der Waals surface area contributed by atoms with Crippen LogP contribution in [0.15, 0.2) is 28.8 Å². The molecule has 24 heavy (non-hydrogen) atoms. The van der Waals surface area contributed by atoms with Crippen molar-refractivity contribution in [1.82, 2.24) is 15.1 Å². The Hall–Kier alpha value is -2.54. The molecule has 0 bridgehead atoms. The minimum absolute atomic E-state index is 0.0683. The topological polar surface area (TPSA) is 80.9 Å². The van der Waals surface area contributed by atoms with E-state index in [0.717, 1.165) is 21.7 Å². The van der Waals surface area contributed by atoms with Gasteiger partial charge in [0.15, 0.2) is 5.13 Å². The molecule has 3 aromatic rings. The summed E-state index contributed by atoms with van der Waals surface area (Å²) in [6.07, 6.45) is 0. The molecular formula is C17H18N4O2S. The van der Waals surface area contributed by atoms with E-state index in [0.29, 0.717) is 16.8 Å². The van der Waals surface area contributed by atoms with Crippen LogP contribution in [0.1, 0.15) is 25.1 Å². The summed E-state index contributed by atoms with van der Waals surface area (Å²) in [6, 6.07) is 7.91. The van der Waals surface area contributed by atoms with Gasteiger partial charge >= 0.3 is 0 Å². The number of aryl methyl sites for hydroxylation is 2. The summed E-state index contributed by atoms with van der Waals surface area (Å²) >= 11 is 1.33. The van der Waals surface area contributed by atoms with Crippen molar-refractivity contribution in [3.05, 3.63) is 35.5 Å². The lowest BCUT2D eigenvalue weighted by Gasteiger charge is -2.02. The first-order chi connectivity index (χ1) is 11.4. The van der Waals surface area contributed by atoms with E-state index in [4.69, 9.17) is 4.52 Å². The second kappa shape index (κ2) is 6.52. The Kier molecular flexibility index (Phi) is 4.44. The molecule has 0 unspecified atom stereocenters. The van der Waals surface area contributed by atoms with Gasteiger partial charge in [0.2, 0.25) is 11.7 Å². The van der Waals surface area contributed by atoms with Crippen LogP contribution < -0.4 is 5.32 Å². The van der Waals surface area contributed by atoms with Crippen molar-refractivity contribution in [2.75, 3.05) is 5.32 Å². The van der Waals surface area contributed by atoms with Gasteiger partial charge in [0.25, 0.3) is 5.89 Å². The smallest absolute Gasteiger partial charge is 0.270 e. The third kappa shape index (κ3) is 3.35. The molecule has 2 heterocycles. The predicted octanol–water partition coefficient (Wildman–Crippen LogP) is 4.07. The first-order valence-corrected chi connectivity index (χ1v) is 8.45. The number of carbonyl (C=O) groups excluding carboxylic acids is 1. The average molecular weight is 342 g/mol. The minimum atomic E-state index is -0.103. The van der Waals surface area contributed by atoms with Gasteiger partial charge in [0.05, 0.1) is 5.69 Å². The third-order valence-corrected chi connectivity index (χ3v) is 4.51. The molecule has 0 fully saturated rings. The van der Waals surface area contributed by atoms with Crippen LogP contribution in [0.25, 0.3) is 22.2 Å². The maximum atomic E-state index is 11.8.